The molecule has 1 aliphatic rings. The molecule has 142 valence electrons. The van der Waals surface area contributed by atoms with E-state index in [4.69, 9.17) is 0 Å². The molecule has 1 aromatic rings. The molecule has 8 heteroatoms. The number of esters is 1. The van der Waals surface area contributed by atoms with Crippen molar-refractivity contribution in [2.45, 2.75) is 44.7 Å². The van der Waals surface area contributed by atoms with Gasteiger partial charge in [0.15, 0.2) is 11.6 Å². The second-order valence-corrected chi connectivity index (χ2v) is 6.16. The minimum Gasteiger partial charge on any atom is -0.469 e. The topological polar surface area (TPSA) is 75.7 Å². The number of methoxy groups -OCH3 is 1. The number of nitrogens with one attached hydrogen (secondary N) is 1. The molecule has 1 heterocycles. The largest absolute Gasteiger partial charge is 0.469 e. The van der Waals surface area contributed by atoms with Crippen molar-refractivity contribution in [3.8, 4) is 0 Å². The van der Waals surface area contributed by atoms with Gasteiger partial charge in [-0.05, 0) is 18.9 Å². The number of hydrogen-bond donors (Lipinski definition) is 1. The fourth-order valence-electron chi connectivity index (χ4n) is 2.93. The van der Waals surface area contributed by atoms with Crippen molar-refractivity contribution in [3.63, 3.8) is 0 Å². The van der Waals surface area contributed by atoms with Gasteiger partial charge < -0.3 is 15.0 Å². The first kappa shape index (κ1) is 19.8. The van der Waals surface area contributed by atoms with E-state index in [0.29, 0.717) is 19.4 Å². The fraction of sp³-hybridized carbons (Fsp3) is 0.500. The third kappa shape index (κ3) is 5.24. The molecule has 0 spiro atoms. The second-order valence-electron chi connectivity index (χ2n) is 6.16. The summed E-state index contributed by atoms with van der Waals surface area (Å²) in [4.78, 5) is 36.5. The summed E-state index contributed by atoms with van der Waals surface area (Å²) in [6.45, 7) is 0.260. The molecule has 1 aromatic carbocycles. The molecule has 1 atom stereocenters. The highest BCUT2D eigenvalue weighted by molar-refractivity contribution is 5.82. The molecule has 2 rings (SSSR count). The van der Waals surface area contributed by atoms with Crippen LogP contribution in [-0.4, -0.2) is 42.4 Å². The maximum absolute atomic E-state index is 13.8. The molecule has 0 aliphatic carbocycles. The molecule has 1 N–H and O–H groups in total. The Hall–Kier alpha value is -2.51. The highest BCUT2D eigenvalue weighted by atomic mass is 19.2. The van der Waals surface area contributed by atoms with Crippen LogP contribution in [0.3, 0.4) is 0 Å². The number of carbonyl (C=O) groups is 3. The van der Waals surface area contributed by atoms with Crippen LogP contribution in [0.5, 0.6) is 0 Å². The van der Waals surface area contributed by atoms with E-state index < -0.39 is 11.6 Å². The van der Waals surface area contributed by atoms with Crippen molar-refractivity contribution >= 4 is 17.8 Å². The van der Waals surface area contributed by atoms with Gasteiger partial charge in [-0.3, -0.25) is 14.4 Å². The van der Waals surface area contributed by atoms with Crippen LogP contribution in [0, 0.1) is 11.6 Å². The van der Waals surface area contributed by atoms with Gasteiger partial charge in [-0.15, -0.1) is 0 Å². The molecule has 1 aliphatic heterocycles. The van der Waals surface area contributed by atoms with Crippen LogP contribution >= 0.6 is 0 Å². The van der Waals surface area contributed by atoms with Crippen molar-refractivity contribution in [1.29, 1.82) is 0 Å². The number of carbonyl (C=O) groups excluding carboxylic acids is 3. The highest BCUT2D eigenvalue weighted by Crippen LogP contribution is 2.25. The van der Waals surface area contributed by atoms with Gasteiger partial charge in [0.05, 0.1) is 7.11 Å². The van der Waals surface area contributed by atoms with Crippen LogP contribution in [0.4, 0.5) is 8.78 Å². The van der Waals surface area contributed by atoms with Crippen LogP contribution in [0.2, 0.25) is 0 Å². The van der Waals surface area contributed by atoms with E-state index in [2.05, 4.69) is 10.1 Å². The first-order chi connectivity index (χ1) is 12.4. The Kier molecular flexibility index (Phi) is 7.06. The monoisotopic (exact) mass is 368 g/mol. The molecule has 0 bridgehead atoms. The number of likely N-dealkylation sites (tertiary alicyclic amines) is 1. The van der Waals surface area contributed by atoms with Crippen molar-refractivity contribution in [1.82, 2.24) is 10.2 Å². The molecular formula is C18H22F2N2O4. The summed E-state index contributed by atoms with van der Waals surface area (Å²) >= 11 is 0. The first-order valence-electron chi connectivity index (χ1n) is 8.48. The van der Waals surface area contributed by atoms with Gasteiger partial charge in [0.25, 0.3) is 0 Å². The van der Waals surface area contributed by atoms with E-state index in [1.807, 2.05) is 0 Å². The maximum atomic E-state index is 13.8. The average Bonchev–Trinajstić information content (AvgIpc) is 2.95. The molecule has 26 heavy (non-hydrogen) atoms. The summed E-state index contributed by atoms with van der Waals surface area (Å²) < 4.78 is 31.7. The molecule has 1 saturated heterocycles. The van der Waals surface area contributed by atoms with E-state index in [1.165, 1.54) is 24.1 Å². The third-order valence-electron chi connectivity index (χ3n) is 4.35. The van der Waals surface area contributed by atoms with Crippen molar-refractivity contribution in [2.75, 3.05) is 13.7 Å². The zero-order chi connectivity index (χ0) is 19.1. The molecule has 0 radical (unpaired) electrons. The van der Waals surface area contributed by atoms with Crippen LogP contribution in [-0.2, 0) is 25.7 Å². The van der Waals surface area contributed by atoms with Crippen LogP contribution in [0.1, 0.15) is 37.7 Å². The van der Waals surface area contributed by atoms with Crippen molar-refractivity contribution < 1.29 is 27.9 Å². The van der Waals surface area contributed by atoms with E-state index in [-0.39, 0.29) is 55.2 Å². The molecule has 0 aromatic heterocycles. The van der Waals surface area contributed by atoms with Crippen LogP contribution < -0.4 is 5.32 Å². The number of halogens is 2. The lowest BCUT2D eigenvalue weighted by atomic mass is 10.1. The minimum absolute atomic E-state index is 0.0668. The SMILES string of the molecule is COC(=O)CCCNC(=O)CC1CCC(=O)N1Cc1cccc(F)c1F. The van der Waals surface area contributed by atoms with Gasteiger partial charge in [-0.1, -0.05) is 12.1 Å². The number of ether oxygens (including phenoxy) is 1. The molecule has 6 nitrogen and oxygen atoms in total. The Labute approximate surface area is 150 Å². The number of nitrogens with zero attached hydrogens (tertiary/aromatic N) is 1. The van der Waals surface area contributed by atoms with Crippen molar-refractivity contribution in [3.05, 3.63) is 35.4 Å². The summed E-state index contributed by atoms with van der Waals surface area (Å²) in [5, 5.41) is 2.69. The summed E-state index contributed by atoms with van der Waals surface area (Å²) in [6.07, 6.45) is 1.52. The predicted molar refractivity (Wildman–Crippen MR) is 88.8 cm³/mol. The standard InChI is InChI=1S/C18H22F2N2O4/c1-26-17(25)6-3-9-21-15(23)10-13-7-8-16(24)22(13)11-12-4-2-5-14(19)18(12)20/h2,4-5,13H,3,6-11H2,1H3,(H,21,23). The van der Waals surface area contributed by atoms with Crippen LogP contribution in [0.25, 0.3) is 0 Å². The molecule has 2 amide bonds. The summed E-state index contributed by atoms with van der Waals surface area (Å²) in [5.41, 5.74) is 0.0868. The first-order valence-corrected chi connectivity index (χ1v) is 8.48. The van der Waals surface area contributed by atoms with E-state index in [1.54, 1.807) is 0 Å². The maximum Gasteiger partial charge on any atom is 0.305 e. The Morgan fingerprint density at radius 3 is 2.85 bits per heavy atom. The van der Waals surface area contributed by atoms with Gasteiger partial charge in [-0.2, -0.15) is 0 Å². The Balaban J connectivity index is 1.87. The molecule has 1 fully saturated rings. The van der Waals surface area contributed by atoms with Gasteiger partial charge >= 0.3 is 5.97 Å². The summed E-state index contributed by atoms with van der Waals surface area (Å²) in [6, 6.07) is 3.47. The molecule has 0 saturated carbocycles. The van der Waals surface area contributed by atoms with Gasteiger partial charge in [0.1, 0.15) is 0 Å². The number of benzene rings is 1. The quantitative estimate of drug-likeness (QED) is 0.562. The lowest BCUT2D eigenvalue weighted by Gasteiger charge is -2.25. The van der Waals surface area contributed by atoms with Gasteiger partial charge in [-0.25, -0.2) is 8.78 Å². The Morgan fingerprint density at radius 2 is 2.12 bits per heavy atom. The Morgan fingerprint density at radius 1 is 1.35 bits per heavy atom. The zero-order valence-electron chi connectivity index (χ0n) is 14.6. The molecular weight excluding hydrogens is 346 g/mol. The number of amides is 2. The lowest BCUT2D eigenvalue weighted by Crippen LogP contribution is -2.37. The molecule has 1 unspecified atom stereocenters. The highest BCUT2D eigenvalue weighted by Gasteiger charge is 2.33. The minimum atomic E-state index is -0.974. The van der Waals surface area contributed by atoms with E-state index in [9.17, 15) is 23.2 Å². The third-order valence-corrected chi connectivity index (χ3v) is 4.35. The van der Waals surface area contributed by atoms with Crippen molar-refractivity contribution in [2.24, 2.45) is 0 Å². The predicted octanol–water partition coefficient (Wildman–Crippen LogP) is 1.92. The summed E-state index contributed by atoms with van der Waals surface area (Å²) in [7, 11) is 1.30. The van der Waals surface area contributed by atoms with E-state index in [0.717, 1.165) is 6.07 Å². The fourth-order valence-corrected chi connectivity index (χ4v) is 2.93. The number of hydrogen-bond acceptors (Lipinski definition) is 4. The normalized spacial score (nSPS) is 16.7. The van der Waals surface area contributed by atoms with Crippen LogP contribution in [0.15, 0.2) is 18.2 Å². The zero-order valence-corrected chi connectivity index (χ0v) is 14.6. The van der Waals surface area contributed by atoms with E-state index >= 15 is 0 Å². The van der Waals surface area contributed by atoms with Gasteiger partial charge in [0.2, 0.25) is 11.8 Å². The Bertz CT molecular complexity index is 681. The van der Waals surface area contributed by atoms with Gasteiger partial charge in [0, 0.05) is 44.0 Å². The second kappa shape index (κ2) is 9.26. The number of rotatable bonds is 8. The lowest BCUT2D eigenvalue weighted by molar-refractivity contribution is -0.141. The summed E-state index contributed by atoms with van der Waals surface area (Å²) in [5.74, 6) is -2.72. The average molecular weight is 368 g/mol. The smallest absolute Gasteiger partial charge is 0.305 e.